The van der Waals surface area contributed by atoms with Crippen molar-refractivity contribution in [3.63, 3.8) is 0 Å². The Kier molecular flexibility index (Phi) is 11.9. The molecule has 1 saturated heterocycles. The number of primary amides is 1. The molecule has 1 unspecified atom stereocenters. The van der Waals surface area contributed by atoms with E-state index >= 15 is 0 Å². The molecular formula is C6H11CuN3O3S2. The molecule has 1 fully saturated rings. The maximum absolute atomic E-state index is 10.3. The zero-order chi connectivity index (χ0) is 11.0. The molecule has 1 rings (SSSR count). The second kappa shape index (κ2) is 10.3. The fraction of sp³-hybridized carbons (Fsp3) is 0.667. The molecule has 9 heteroatoms. The Morgan fingerprint density at radius 2 is 2.00 bits per heavy atom. The summed E-state index contributed by atoms with van der Waals surface area (Å²) in [6.45, 7) is 2.10. The van der Waals surface area contributed by atoms with Gasteiger partial charge in [-0.15, -0.1) is 0 Å². The van der Waals surface area contributed by atoms with Gasteiger partial charge in [0.2, 0.25) is 0 Å². The van der Waals surface area contributed by atoms with Crippen molar-refractivity contribution in [1.82, 2.24) is 10.6 Å². The van der Waals surface area contributed by atoms with Crippen LogP contribution in [0.1, 0.15) is 0 Å². The van der Waals surface area contributed by atoms with Gasteiger partial charge in [0.1, 0.15) is 11.5 Å². The van der Waals surface area contributed by atoms with Crippen molar-refractivity contribution in [2.24, 2.45) is 5.73 Å². The van der Waals surface area contributed by atoms with Crippen molar-refractivity contribution >= 4 is 35.7 Å². The summed E-state index contributed by atoms with van der Waals surface area (Å²) < 4.78 is 5.13. The molecule has 4 N–H and O–H groups in total. The maximum Gasteiger partial charge on any atom is 2.00 e. The number of ether oxygens (including phenoxy) is 1. The van der Waals surface area contributed by atoms with Crippen LogP contribution in [0.15, 0.2) is 0 Å². The molecule has 0 aromatic heterocycles. The van der Waals surface area contributed by atoms with Gasteiger partial charge in [-0.2, -0.15) is 0 Å². The van der Waals surface area contributed by atoms with Gasteiger partial charge in [-0.05, 0) is 0 Å². The summed E-state index contributed by atoms with van der Waals surface area (Å²) in [7, 11) is 0. The van der Waals surface area contributed by atoms with Gasteiger partial charge in [0.25, 0.3) is 0 Å². The molecule has 0 aliphatic carbocycles. The van der Waals surface area contributed by atoms with Crippen LogP contribution < -0.4 is 16.4 Å². The molecule has 1 atom stereocenters. The van der Waals surface area contributed by atoms with E-state index in [0.717, 1.165) is 6.54 Å². The number of hydrogen-bond acceptors (Lipinski definition) is 6. The van der Waals surface area contributed by atoms with Gasteiger partial charge in [0, 0.05) is 13.1 Å². The Morgan fingerprint density at radius 3 is 2.33 bits per heavy atom. The fourth-order valence-electron chi connectivity index (χ4n) is 0.790. The van der Waals surface area contributed by atoms with Crippen LogP contribution in [0.5, 0.6) is 0 Å². The predicted octanol–water partition coefficient (Wildman–Crippen LogP) is -1.20. The van der Waals surface area contributed by atoms with Crippen LogP contribution in [0, 0.1) is 0 Å². The largest absolute Gasteiger partial charge is 2.00 e. The van der Waals surface area contributed by atoms with Gasteiger partial charge in [-0.1, -0.05) is 0 Å². The van der Waals surface area contributed by atoms with Gasteiger partial charge < -0.3 is 56.0 Å². The quantitative estimate of drug-likeness (QED) is 0.416. The minimum atomic E-state index is -0.750. The summed E-state index contributed by atoms with van der Waals surface area (Å²) in [5, 5.41) is 4.31. The first-order valence-corrected chi connectivity index (χ1v) is 4.60. The number of carbonyl (C=O) groups is 2. The average molecular weight is 301 g/mol. The molecule has 0 spiro atoms. The van der Waals surface area contributed by atoms with Gasteiger partial charge >= 0.3 is 17.1 Å². The van der Waals surface area contributed by atoms with E-state index in [0.29, 0.717) is 13.2 Å². The van der Waals surface area contributed by atoms with Gasteiger partial charge in [0.05, 0.1) is 11.8 Å². The van der Waals surface area contributed by atoms with Crippen LogP contribution in [-0.2, 0) is 47.1 Å². The van der Waals surface area contributed by atoms with Crippen molar-refractivity contribution in [3.05, 3.63) is 0 Å². The number of rotatable bonds is 1. The van der Waals surface area contributed by atoms with Crippen molar-refractivity contribution < 1.29 is 31.4 Å². The number of morpholine rings is 1. The van der Waals surface area contributed by atoms with Crippen LogP contribution in [0.2, 0.25) is 0 Å². The maximum atomic E-state index is 10.3. The third-order valence-electron chi connectivity index (χ3n) is 1.21. The molecule has 91 valence electrons. The summed E-state index contributed by atoms with van der Waals surface area (Å²) in [5.74, 6) is 0. The molecular weight excluding hydrogens is 290 g/mol. The van der Waals surface area contributed by atoms with Gasteiger partial charge in [-0.25, -0.2) is 0 Å². The van der Waals surface area contributed by atoms with E-state index < -0.39 is 10.5 Å². The fourth-order valence-corrected chi connectivity index (χ4v) is 0.921. The molecule has 15 heavy (non-hydrogen) atoms. The second-order valence-electron chi connectivity index (χ2n) is 2.31. The Morgan fingerprint density at radius 1 is 1.47 bits per heavy atom. The zero-order valence-corrected chi connectivity index (χ0v) is 10.2. The Hall–Kier alpha value is -0.181. The smallest absolute Gasteiger partial charge is 0.719 e. The first-order valence-electron chi connectivity index (χ1n) is 3.78. The Labute approximate surface area is 109 Å². The third-order valence-corrected chi connectivity index (χ3v) is 1.32. The van der Waals surface area contributed by atoms with Crippen LogP contribution >= 0.6 is 0 Å². The molecule has 2 amide bonds. The number of nitrogens with one attached hydrogen (secondary N) is 2. The van der Waals surface area contributed by atoms with Crippen molar-refractivity contribution in [3.8, 4) is 0 Å². The third kappa shape index (κ3) is 13.8. The molecule has 6 nitrogen and oxygen atoms in total. The van der Waals surface area contributed by atoms with Gasteiger partial charge in [0.15, 0.2) is 0 Å². The van der Waals surface area contributed by atoms with E-state index in [4.69, 9.17) is 9.53 Å². The van der Waals surface area contributed by atoms with Crippen LogP contribution in [-0.4, -0.2) is 36.4 Å². The van der Waals surface area contributed by atoms with E-state index in [2.05, 4.69) is 41.6 Å². The van der Waals surface area contributed by atoms with E-state index in [9.17, 15) is 4.79 Å². The summed E-state index contributed by atoms with van der Waals surface area (Å²) in [6.07, 6.45) is -0.237. The van der Waals surface area contributed by atoms with Crippen molar-refractivity contribution in [1.29, 1.82) is 0 Å². The van der Waals surface area contributed by atoms with E-state index in [1.165, 1.54) is 0 Å². The number of hydrogen-bond donors (Lipinski definition) is 3. The predicted molar refractivity (Wildman–Crippen MR) is 55.5 cm³/mol. The standard InChI is InChI=1S/C5H10N2O2S.CH3NOS.Cu/c8-5(10)7-4-3-6-1-2-9-4;2-1(3)4;/h4,6H,1-3H2,(H2,7,8,10);(H3,2,3,4);/q;;+2/p-2. The topological polar surface area (TPSA) is 93.5 Å². The zero-order valence-electron chi connectivity index (χ0n) is 7.62. The molecule has 0 saturated carbocycles. The summed E-state index contributed by atoms with van der Waals surface area (Å²) >= 11 is 8.06. The number of carbonyl (C=O) groups excluding carboxylic acids is 2. The van der Waals surface area contributed by atoms with Crippen molar-refractivity contribution in [2.45, 2.75) is 6.23 Å². The minimum absolute atomic E-state index is 0. The van der Waals surface area contributed by atoms with E-state index in [1.54, 1.807) is 0 Å². The van der Waals surface area contributed by atoms with E-state index in [-0.39, 0.29) is 23.3 Å². The SMILES string of the molecule is NC(=O)[S-].O=C([S-])NC1CNCCO1.[Cu+2]. The molecule has 0 aromatic rings. The summed E-state index contributed by atoms with van der Waals surface area (Å²) in [6, 6.07) is 0. The molecule has 1 aliphatic rings. The first kappa shape index (κ1) is 17.2. The Bertz CT molecular complexity index is 198. The minimum Gasteiger partial charge on any atom is -0.719 e. The average Bonchev–Trinajstić information content (AvgIpc) is 2.03. The second-order valence-corrected chi connectivity index (χ2v) is 3.09. The van der Waals surface area contributed by atoms with Crippen LogP contribution in [0.4, 0.5) is 9.59 Å². The van der Waals surface area contributed by atoms with Crippen LogP contribution in [0.25, 0.3) is 0 Å². The van der Waals surface area contributed by atoms with E-state index in [1.807, 2.05) is 0 Å². The monoisotopic (exact) mass is 300 g/mol. The van der Waals surface area contributed by atoms with Crippen molar-refractivity contribution in [2.75, 3.05) is 19.7 Å². The molecule has 0 bridgehead atoms. The number of nitrogens with two attached hydrogens (primary N) is 1. The molecule has 1 radical (unpaired) electrons. The summed E-state index contributed by atoms with van der Waals surface area (Å²) in [4.78, 5) is 19.3. The van der Waals surface area contributed by atoms with Crippen LogP contribution in [0.3, 0.4) is 0 Å². The molecule has 1 heterocycles. The number of amides is 2. The Balaban J connectivity index is 0. The van der Waals surface area contributed by atoms with Gasteiger partial charge in [-0.3, -0.25) is 0 Å². The molecule has 1 aliphatic heterocycles. The normalized spacial score (nSPS) is 18.8. The summed E-state index contributed by atoms with van der Waals surface area (Å²) in [5.41, 5.74) is 4.29. The first-order chi connectivity index (χ1) is 6.52. The molecule has 0 aromatic carbocycles.